The van der Waals surface area contributed by atoms with Gasteiger partial charge in [0.05, 0.1) is 19.8 Å². The summed E-state index contributed by atoms with van der Waals surface area (Å²) >= 11 is 0. The van der Waals surface area contributed by atoms with Crippen LogP contribution in [0.2, 0.25) is 0 Å². The van der Waals surface area contributed by atoms with Crippen molar-refractivity contribution in [2.75, 3.05) is 14.2 Å². The molecule has 0 radical (unpaired) electrons. The van der Waals surface area contributed by atoms with Gasteiger partial charge in [0, 0.05) is 11.6 Å². The summed E-state index contributed by atoms with van der Waals surface area (Å²) in [6.45, 7) is 1.82. The molecule has 1 aromatic carbocycles. The van der Waals surface area contributed by atoms with E-state index < -0.39 is 15.9 Å². The first-order chi connectivity index (χ1) is 8.46. The third-order valence-electron chi connectivity index (χ3n) is 2.83. The number of carbonyl (C=O) groups excluding carboxylic acids is 1. The predicted molar refractivity (Wildman–Crippen MR) is 63.6 cm³/mol. The number of ether oxygens (including phenoxy) is 2. The van der Waals surface area contributed by atoms with E-state index in [1.165, 1.54) is 20.3 Å². The van der Waals surface area contributed by atoms with Gasteiger partial charge in [-0.2, -0.15) is 0 Å². The topological polar surface area (TPSA) is 81.7 Å². The maximum atomic E-state index is 11.9. The number of fused-ring (bicyclic) bond motifs is 1. The third kappa shape index (κ3) is 1.62. The summed E-state index contributed by atoms with van der Waals surface area (Å²) in [5.74, 6) is -0.0863. The quantitative estimate of drug-likeness (QED) is 0.875. The van der Waals surface area contributed by atoms with Crippen LogP contribution in [0, 0.1) is 0 Å². The molecular weight excluding hydrogens is 258 g/mol. The number of benzene rings is 1. The highest BCUT2D eigenvalue weighted by atomic mass is 32.2. The molecule has 1 aliphatic heterocycles. The zero-order valence-electron chi connectivity index (χ0n) is 10.2. The van der Waals surface area contributed by atoms with Gasteiger partial charge in [0.15, 0.2) is 0 Å². The molecule has 0 bridgehead atoms. The van der Waals surface area contributed by atoms with Crippen molar-refractivity contribution >= 4 is 15.9 Å². The Morgan fingerprint density at radius 2 is 1.83 bits per heavy atom. The maximum Gasteiger partial charge on any atom is 0.268 e. The van der Waals surface area contributed by atoms with E-state index in [0.29, 0.717) is 17.7 Å². The van der Waals surface area contributed by atoms with Crippen molar-refractivity contribution in [2.24, 2.45) is 0 Å². The van der Waals surface area contributed by atoms with Crippen LogP contribution in [-0.4, -0.2) is 28.5 Å². The van der Waals surface area contributed by atoms with Gasteiger partial charge in [-0.1, -0.05) is 6.92 Å². The number of rotatable bonds is 3. The lowest BCUT2D eigenvalue weighted by atomic mass is 10.0. The molecule has 0 saturated carbocycles. The number of methoxy groups -OCH3 is 2. The summed E-state index contributed by atoms with van der Waals surface area (Å²) in [6.07, 6.45) is 0.485. The fourth-order valence-corrected chi connectivity index (χ4v) is 3.41. The third-order valence-corrected chi connectivity index (χ3v) is 4.23. The number of hydrogen-bond donors (Lipinski definition) is 1. The molecule has 2 rings (SSSR count). The molecule has 1 aromatic rings. The molecule has 0 unspecified atom stereocenters. The Hall–Kier alpha value is -1.76. The summed E-state index contributed by atoms with van der Waals surface area (Å²) in [4.78, 5) is 11.7. The van der Waals surface area contributed by atoms with Gasteiger partial charge in [0.2, 0.25) is 0 Å². The molecule has 6 nitrogen and oxygen atoms in total. The Balaban J connectivity index is 2.91. The van der Waals surface area contributed by atoms with Crippen LogP contribution in [-0.2, 0) is 16.4 Å². The molecule has 98 valence electrons. The van der Waals surface area contributed by atoms with Gasteiger partial charge < -0.3 is 9.47 Å². The molecule has 0 spiro atoms. The fourth-order valence-electron chi connectivity index (χ4n) is 2.07. The highest BCUT2D eigenvalue weighted by Crippen LogP contribution is 2.39. The second-order valence-corrected chi connectivity index (χ2v) is 5.37. The lowest BCUT2D eigenvalue weighted by Crippen LogP contribution is -2.21. The normalized spacial score (nSPS) is 16.1. The van der Waals surface area contributed by atoms with Crippen LogP contribution in [0.1, 0.15) is 22.8 Å². The van der Waals surface area contributed by atoms with Gasteiger partial charge in [-0.25, -0.2) is 13.1 Å². The van der Waals surface area contributed by atoms with Gasteiger partial charge in [0.25, 0.3) is 15.9 Å². The van der Waals surface area contributed by atoms with Crippen LogP contribution in [0.15, 0.2) is 11.0 Å². The predicted octanol–water partition coefficient (Wildman–Crippen LogP) is 0.698. The van der Waals surface area contributed by atoms with E-state index >= 15 is 0 Å². The molecular formula is C11H13NO5S. The average molecular weight is 271 g/mol. The van der Waals surface area contributed by atoms with Crippen molar-refractivity contribution in [1.29, 1.82) is 0 Å². The van der Waals surface area contributed by atoms with Crippen LogP contribution in [0.25, 0.3) is 0 Å². The molecule has 1 aliphatic rings. The minimum Gasteiger partial charge on any atom is -0.496 e. The van der Waals surface area contributed by atoms with Crippen molar-refractivity contribution < 1.29 is 22.7 Å². The van der Waals surface area contributed by atoms with E-state index in [0.717, 1.165) is 0 Å². The molecule has 1 amide bonds. The van der Waals surface area contributed by atoms with Crippen molar-refractivity contribution in [1.82, 2.24) is 4.72 Å². The fraction of sp³-hybridized carbons (Fsp3) is 0.364. The number of nitrogens with one attached hydrogen (secondary N) is 1. The monoisotopic (exact) mass is 271 g/mol. The van der Waals surface area contributed by atoms with Gasteiger partial charge in [-0.3, -0.25) is 4.79 Å². The lowest BCUT2D eigenvalue weighted by molar-refractivity contribution is 0.0983. The van der Waals surface area contributed by atoms with Crippen molar-refractivity contribution in [3.63, 3.8) is 0 Å². The Morgan fingerprint density at radius 3 is 2.33 bits per heavy atom. The summed E-state index contributed by atoms with van der Waals surface area (Å²) < 4.78 is 35.9. The smallest absolute Gasteiger partial charge is 0.268 e. The van der Waals surface area contributed by atoms with Crippen LogP contribution in [0.4, 0.5) is 0 Å². The zero-order valence-corrected chi connectivity index (χ0v) is 11.1. The lowest BCUT2D eigenvalue weighted by Gasteiger charge is -2.13. The van der Waals surface area contributed by atoms with Crippen LogP contribution < -0.4 is 14.2 Å². The van der Waals surface area contributed by atoms with E-state index in [2.05, 4.69) is 0 Å². The average Bonchev–Trinajstić information content (AvgIpc) is 2.58. The first kappa shape index (κ1) is 12.7. The molecule has 1 N–H and O–H groups in total. The molecule has 0 aliphatic carbocycles. The van der Waals surface area contributed by atoms with Crippen molar-refractivity contribution in [3.8, 4) is 11.5 Å². The van der Waals surface area contributed by atoms with Gasteiger partial charge in [-0.15, -0.1) is 0 Å². The molecule has 1 heterocycles. The summed E-state index contributed by atoms with van der Waals surface area (Å²) in [7, 11) is -1.03. The maximum absolute atomic E-state index is 11.9. The summed E-state index contributed by atoms with van der Waals surface area (Å²) in [5, 5.41) is 0. The minimum absolute atomic E-state index is 0.104. The number of sulfonamides is 1. The number of amides is 1. The SMILES string of the molecule is CCc1c(OC)cc(OC)c2c1C(=O)NS2(=O)=O. The summed E-state index contributed by atoms with van der Waals surface area (Å²) in [5.41, 5.74) is 0.681. The Morgan fingerprint density at radius 1 is 1.22 bits per heavy atom. The first-order valence-corrected chi connectivity index (χ1v) is 6.79. The Bertz CT molecular complexity index is 621. The van der Waals surface area contributed by atoms with E-state index in [1.807, 2.05) is 11.6 Å². The van der Waals surface area contributed by atoms with Gasteiger partial charge in [-0.05, 0) is 6.42 Å². The largest absolute Gasteiger partial charge is 0.496 e. The van der Waals surface area contributed by atoms with E-state index in [9.17, 15) is 13.2 Å². The standard InChI is InChI=1S/C11H13NO5S/c1-4-6-7(16-2)5-8(17-3)10-9(6)11(13)12-18(10,14)15/h5H,4H2,1-3H3,(H,12,13). The number of hydrogen-bond acceptors (Lipinski definition) is 5. The van der Waals surface area contributed by atoms with Gasteiger partial charge in [0.1, 0.15) is 16.4 Å². The molecule has 0 atom stereocenters. The highest BCUT2D eigenvalue weighted by Gasteiger charge is 2.39. The van der Waals surface area contributed by atoms with Crippen LogP contribution >= 0.6 is 0 Å². The molecule has 7 heteroatoms. The van der Waals surface area contributed by atoms with Crippen molar-refractivity contribution in [2.45, 2.75) is 18.2 Å². The molecule has 0 aromatic heterocycles. The first-order valence-electron chi connectivity index (χ1n) is 5.31. The number of carbonyl (C=O) groups is 1. The van der Waals surface area contributed by atoms with Crippen molar-refractivity contribution in [3.05, 3.63) is 17.2 Å². The summed E-state index contributed by atoms with van der Waals surface area (Å²) in [6, 6.07) is 1.48. The highest BCUT2D eigenvalue weighted by molar-refractivity contribution is 7.90. The second-order valence-electron chi connectivity index (χ2n) is 3.75. The van der Waals surface area contributed by atoms with Crippen LogP contribution in [0.5, 0.6) is 11.5 Å². The Labute approximate surface area is 105 Å². The zero-order chi connectivity index (χ0) is 13.5. The van der Waals surface area contributed by atoms with Crippen LogP contribution in [0.3, 0.4) is 0 Å². The second kappa shape index (κ2) is 4.16. The molecule has 18 heavy (non-hydrogen) atoms. The molecule has 0 fully saturated rings. The Kier molecular flexibility index (Phi) is 2.94. The van der Waals surface area contributed by atoms with Gasteiger partial charge >= 0.3 is 0 Å². The van der Waals surface area contributed by atoms with E-state index in [1.54, 1.807) is 0 Å². The van der Waals surface area contributed by atoms with E-state index in [4.69, 9.17) is 9.47 Å². The van der Waals surface area contributed by atoms with E-state index in [-0.39, 0.29) is 16.2 Å². The molecule has 0 saturated heterocycles. The minimum atomic E-state index is -3.84.